The van der Waals surface area contributed by atoms with Gasteiger partial charge in [-0.1, -0.05) is 34.1 Å². The smallest absolute Gasteiger partial charge is 0.181 e. The Morgan fingerprint density at radius 2 is 2.26 bits per heavy atom. The van der Waals surface area contributed by atoms with E-state index < -0.39 is 0 Å². The Kier molecular flexibility index (Phi) is 3.66. The summed E-state index contributed by atoms with van der Waals surface area (Å²) >= 11 is 5.38. The van der Waals surface area contributed by atoms with Crippen molar-refractivity contribution in [2.24, 2.45) is 0 Å². The van der Waals surface area contributed by atoms with Crippen LogP contribution >= 0.6 is 27.7 Å². The fraction of sp³-hybridized carbons (Fsp3) is 0.214. The molecule has 1 unspecified atom stereocenters. The minimum Gasteiger partial charge on any atom is -0.443 e. The Labute approximate surface area is 123 Å². The number of oxazole rings is 1. The zero-order chi connectivity index (χ0) is 13.2. The lowest BCUT2D eigenvalue weighted by molar-refractivity contribution is 0.571. The number of halogens is 1. The van der Waals surface area contributed by atoms with Gasteiger partial charge in [-0.2, -0.15) is 0 Å². The van der Waals surface area contributed by atoms with Gasteiger partial charge < -0.3 is 9.40 Å². The molecule has 0 amide bonds. The van der Waals surface area contributed by atoms with Crippen molar-refractivity contribution in [2.75, 3.05) is 6.26 Å². The molecular formula is C14H13BrN2OS. The van der Waals surface area contributed by atoms with E-state index in [0.29, 0.717) is 4.16 Å². The third-order valence-corrected chi connectivity index (χ3v) is 5.21. The van der Waals surface area contributed by atoms with Crippen LogP contribution in [0.4, 0.5) is 0 Å². The van der Waals surface area contributed by atoms with E-state index >= 15 is 0 Å². The van der Waals surface area contributed by atoms with Gasteiger partial charge >= 0.3 is 0 Å². The predicted molar refractivity (Wildman–Crippen MR) is 83.7 cm³/mol. The van der Waals surface area contributed by atoms with Gasteiger partial charge in [-0.05, 0) is 12.3 Å². The minimum atomic E-state index is 0.349. The Hall–Kier alpha value is -1.20. The molecule has 0 spiro atoms. The number of H-pyrrole nitrogens is 1. The number of para-hydroxylation sites is 1. The molecule has 3 nitrogen and oxygen atoms in total. The van der Waals surface area contributed by atoms with Crippen molar-refractivity contribution in [1.82, 2.24) is 9.97 Å². The van der Waals surface area contributed by atoms with Crippen LogP contribution in [0.1, 0.15) is 5.69 Å². The van der Waals surface area contributed by atoms with Crippen molar-refractivity contribution < 1.29 is 4.42 Å². The van der Waals surface area contributed by atoms with E-state index in [9.17, 15) is 0 Å². The van der Waals surface area contributed by atoms with E-state index in [2.05, 4.69) is 44.3 Å². The van der Waals surface area contributed by atoms with E-state index in [1.807, 2.05) is 18.3 Å². The second-order valence-corrected chi connectivity index (χ2v) is 6.98. The molecular weight excluding hydrogens is 324 g/mol. The average molecular weight is 337 g/mol. The van der Waals surface area contributed by atoms with Crippen LogP contribution in [0.25, 0.3) is 22.2 Å². The second kappa shape index (κ2) is 5.43. The fourth-order valence-corrected chi connectivity index (χ4v) is 2.76. The van der Waals surface area contributed by atoms with Crippen molar-refractivity contribution in [1.29, 1.82) is 0 Å². The highest BCUT2D eigenvalue weighted by Crippen LogP contribution is 2.32. The van der Waals surface area contributed by atoms with Crippen LogP contribution in [-0.4, -0.2) is 20.4 Å². The average Bonchev–Trinajstić information content (AvgIpc) is 3.04. The lowest BCUT2D eigenvalue weighted by atomic mass is 10.1. The molecule has 1 aromatic carbocycles. The van der Waals surface area contributed by atoms with Crippen molar-refractivity contribution in [3.05, 3.63) is 42.5 Å². The van der Waals surface area contributed by atoms with E-state index in [0.717, 1.165) is 34.3 Å². The first-order valence-corrected chi connectivity index (χ1v) is 8.15. The van der Waals surface area contributed by atoms with Gasteiger partial charge in [0.25, 0.3) is 0 Å². The van der Waals surface area contributed by atoms with Crippen LogP contribution in [0.5, 0.6) is 0 Å². The molecule has 3 rings (SSSR count). The maximum atomic E-state index is 5.60. The number of fused-ring (bicyclic) bond motifs is 1. The number of aromatic nitrogens is 2. The van der Waals surface area contributed by atoms with Gasteiger partial charge in [-0.3, -0.25) is 0 Å². The van der Waals surface area contributed by atoms with Gasteiger partial charge in [0.05, 0.1) is 9.85 Å². The summed E-state index contributed by atoms with van der Waals surface area (Å²) in [5.74, 6) is 0.857. The fourth-order valence-electron chi connectivity index (χ4n) is 2.13. The first kappa shape index (κ1) is 12.8. The van der Waals surface area contributed by atoms with Crippen LogP contribution in [0.3, 0.4) is 0 Å². The maximum Gasteiger partial charge on any atom is 0.181 e. The predicted octanol–water partition coefficient (Wildman–Crippen LogP) is 4.45. The quantitative estimate of drug-likeness (QED) is 0.715. The largest absolute Gasteiger partial charge is 0.443 e. The van der Waals surface area contributed by atoms with Crippen LogP contribution in [0, 0.1) is 0 Å². The molecule has 5 heteroatoms. The zero-order valence-electron chi connectivity index (χ0n) is 10.4. The lowest BCUT2D eigenvalue weighted by Crippen LogP contribution is -1.98. The number of benzene rings is 1. The molecule has 98 valence electrons. The van der Waals surface area contributed by atoms with Crippen molar-refractivity contribution in [3.8, 4) is 11.3 Å². The molecule has 1 N–H and O–H groups in total. The number of aromatic amines is 1. The number of thioether (sulfide) groups is 1. The van der Waals surface area contributed by atoms with Crippen LogP contribution in [-0.2, 0) is 6.42 Å². The summed E-state index contributed by atoms with van der Waals surface area (Å²) in [7, 11) is 0. The summed E-state index contributed by atoms with van der Waals surface area (Å²) in [6.07, 6.45) is 6.42. The number of nitrogens with one attached hydrogen (secondary N) is 1. The van der Waals surface area contributed by atoms with Crippen LogP contribution < -0.4 is 0 Å². The van der Waals surface area contributed by atoms with Gasteiger partial charge in [-0.25, -0.2) is 4.98 Å². The molecule has 0 aliphatic carbocycles. The first-order valence-electron chi connectivity index (χ1n) is 5.95. The van der Waals surface area contributed by atoms with Crippen molar-refractivity contribution in [2.45, 2.75) is 10.6 Å². The summed E-state index contributed by atoms with van der Waals surface area (Å²) in [6.45, 7) is 0. The number of rotatable bonds is 4. The number of alkyl halides is 1. The Morgan fingerprint density at radius 1 is 1.42 bits per heavy atom. The van der Waals surface area contributed by atoms with E-state index in [-0.39, 0.29) is 0 Å². The van der Waals surface area contributed by atoms with Crippen LogP contribution in [0.15, 0.2) is 41.3 Å². The molecule has 3 aromatic rings. The Bertz CT molecular complexity index is 691. The molecule has 0 saturated carbocycles. The molecule has 19 heavy (non-hydrogen) atoms. The molecule has 0 aliphatic heterocycles. The Balaban J connectivity index is 2.05. The second-order valence-electron chi connectivity index (χ2n) is 4.23. The van der Waals surface area contributed by atoms with Crippen molar-refractivity contribution in [3.63, 3.8) is 0 Å². The van der Waals surface area contributed by atoms with Crippen LogP contribution in [0.2, 0.25) is 0 Å². The zero-order valence-corrected chi connectivity index (χ0v) is 12.8. The normalized spacial score (nSPS) is 12.9. The highest BCUT2D eigenvalue weighted by molar-refractivity contribution is 9.11. The summed E-state index contributed by atoms with van der Waals surface area (Å²) < 4.78 is 5.95. The summed E-state index contributed by atoms with van der Waals surface area (Å²) in [6, 6.07) is 8.20. The number of hydrogen-bond acceptors (Lipinski definition) is 3. The highest BCUT2D eigenvalue weighted by Gasteiger charge is 2.17. The van der Waals surface area contributed by atoms with E-state index in [1.54, 1.807) is 11.8 Å². The summed E-state index contributed by atoms with van der Waals surface area (Å²) in [4.78, 5) is 7.61. The molecule has 0 bridgehead atoms. The maximum absolute atomic E-state index is 5.60. The molecule has 2 aromatic heterocycles. The summed E-state index contributed by atoms with van der Waals surface area (Å²) in [5.41, 5.74) is 3.17. The number of nitrogens with zero attached hydrogens (tertiary/aromatic N) is 1. The van der Waals surface area contributed by atoms with E-state index in [1.165, 1.54) is 6.39 Å². The monoisotopic (exact) mass is 336 g/mol. The third-order valence-electron chi connectivity index (χ3n) is 3.08. The number of hydrogen-bond donors (Lipinski definition) is 1. The van der Waals surface area contributed by atoms with Crippen molar-refractivity contribution >= 4 is 38.6 Å². The molecule has 2 heterocycles. The van der Waals surface area contributed by atoms with Gasteiger partial charge in [0.2, 0.25) is 0 Å². The molecule has 0 fully saturated rings. The minimum absolute atomic E-state index is 0.349. The molecule has 0 aliphatic rings. The lowest BCUT2D eigenvalue weighted by Gasteiger charge is -2.04. The third kappa shape index (κ3) is 2.44. The molecule has 1 atom stereocenters. The van der Waals surface area contributed by atoms with Gasteiger partial charge in [0.1, 0.15) is 0 Å². The first-order chi connectivity index (χ1) is 9.29. The van der Waals surface area contributed by atoms with E-state index in [4.69, 9.17) is 4.42 Å². The molecule has 0 radical (unpaired) electrons. The van der Waals surface area contributed by atoms with Gasteiger partial charge in [-0.15, -0.1) is 11.8 Å². The highest BCUT2D eigenvalue weighted by atomic mass is 79.9. The van der Waals surface area contributed by atoms with Gasteiger partial charge in [0, 0.05) is 29.1 Å². The molecule has 0 saturated heterocycles. The standard InChI is InChI=1S/C14H13BrN2OS/c1-19-13(15)6-12-14(18-8-17-12)10-7-16-11-5-3-2-4-9(10)11/h2-5,7-8,13,16H,6H2,1H3. The topological polar surface area (TPSA) is 41.8 Å². The summed E-state index contributed by atoms with van der Waals surface area (Å²) in [5, 5.41) is 1.16. The SMILES string of the molecule is CSC(Br)Cc1ncoc1-c1c[nH]c2ccccc12. The van der Waals surface area contributed by atoms with Gasteiger partial charge in [0.15, 0.2) is 12.2 Å². The Morgan fingerprint density at radius 3 is 3.11 bits per heavy atom.